The molecule has 3 nitrogen and oxygen atoms in total. The van der Waals surface area contributed by atoms with Crippen LogP contribution in [-0.2, 0) is 0 Å². The van der Waals surface area contributed by atoms with Gasteiger partial charge in [0.2, 0.25) is 0 Å². The standard InChI is InChI=1S/C13H17NO2/c1-10(15)12-6-5-11(9-13(12)16)14-7-3-2-4-8-14/h5-6,9,16H,2-4,7-8H2,1H3. The highest BCUT2D eigenvalue weighted by molar-refractivity contribution is 5.97. The third-order valence-electron chi connectivity index (χ3n) is 3.08. The van der Waals surface area contributed by atoms with Crippen LogP contribution in [0.5, 0.6) is 5.75 Å². The zero-order valence-corrected chi connectivity index (χ0v) is 9.57. The molecular formula is C13H17NO2. The van der Waals surface area contributed by atoms with E-state index in [9.17, 15) is 9.90 Å². The van der Waals surface area contributed by atoms with Gasteiger partial charge in [-0.15, -0.1) is 0 Å². The molecule has 86 valence electrons. The van der Waals surface area contributed by atoms with Crippen molar-refractivity contribution in [3.8, 4) is 5.75 Å². The van der Waals surface area contributed by atoms with Crippen molar-refractivity contribution < 1.29 is 9.90 Å². The summed E-state index contributed by atoms with van der Waals surface area (Å²) >= 11 is 0. The molecule has 1 aromatic rings. The van der Waals surface area contributed by atoms with E-state index in [0.29, 0.717) is 5.56 Å². The Hall–Kier alpha value is -1.51. The molecule has 0 spiro atoms. The van der Waals surface area contributed by atoms with Gasteiger partial charge in [0, 0.05) is 24.8 Å². The van der Waals surface area contributed by atoms with Crippen LogP contribution in [0.15, 0.2) is 18.2 Å². The second-order valence-electron chi connectivity index (χ2n) is 4.31. The summed E-state index contributed by atoms with van der Waals surface area (Å²) in [6.07, 6.45) is 3.69. The topological polar surface area (TPSA) is 40.5 Å². The Labute approximate surface area is 95.7 Å². The monoisotopic (exact) mass is 219 g/mol. The predicted molar refractivity (Wildman–Crippen MR) is 64.2 cm³/mol. The molecule has 1 aliphatic heterocycles. The highest BCUT2D eigenvalue weighted by Crippen LogP contribution is 2.26. The minimum Gasteiger partial charge on any atom is -0.507 e. The summed E-state index contributed by atoms with van der Waals surface area (Å²) in [7, 11) is 0. The van der Waals surface area contributed by atoms with Crippen LogP contribution >= 0.6 is 0 Å². The number of phenolic OH excluding ortho intramolecular Hbond substituents is 1. The fourth-order valence-corrected chi connectivity index (χ4v) is 2.17. The Bertz CT molecular complexity index is 395. The fourth-order valence-electron chi connectivity index (χ4n) is 2.17. The molecule has 3 heteroatoms. The maximum atomic E-state index is 11.2. The Kier molecular flexibility index (Phi) is 3.13. The number of piperidine rings is 1. The van der Waals surface area contributed by atoms with E-state index in [2.05, 4.69) is 4.90 Å². The third kappa shape index (κ3) is 2.18. The molecule has 2 rings (SSSR count). The van der Waals surface area contributed by atoms with E-state index in [1.54, 1.807) is 12.1 Å². The molecule has 1 heterocycles. The van der Waals surface area contributed by atoms with Gasteiger partial charge < -0.3 is 10.0 Å². The van der Waals surface area contributed by atoms with Crippen LogP contribution in [0.3, 0.4) is 0 Å². The van der Waals surface area contributed by atoms with Gasteiger partial charge in [-0.2, -0.15) is 0 Å². The van der Waals surface area contributed by atoms with Crippen LogP contribution in [0.4, 0.5) is 5.69 Å². The predicted octanol–water partition coefficient (Wildman–Crippen LogP) is 2.59. The van der Waals surface area contributed by atoms with Crippen LogP contribution in [0.2, 0.25) is 0 Å². The Morgan fingerprint density at radius 3 is 2.50 bits per heavy atom. The molecule has 1 aromatic carbocycles. The average molecular weight is 219 g/mol. The second-order valence-corrected chi connectivity index (χ2v) is 4.31. The van der Waals surface area contributed by atoms with Gasteiger partial charge in [0.15, 0.2) is 5.78 Å². The van der Waals surface area contributed by atoms with Crippen molar-refractivity contribution in [3.63, 3.8) is 0 Å². The molecule has 0 saturated carbocycles. The molecule has 1 aliphatic rings. The molecule has 0 bridgehead atoms. The lowest BCUT2D eigenvalue weighted by molar-refractivity contribution is 0.101. The highest BCUT2D eigenvalue weighted by atomic mass is 16.3. The summed E-state index contributed by atoms with van der Waals surface area (Å²) in [6.45, 7) is 3.55. The fraction of sp³-hybridized carbons (Fsp3) is 0.462. The number of Topliss-reactive ketones (excluding diaryl/α,β-unsaturated/α-hetero) is 1. The average Bonchev–Trinajstić information content (AvgIpc) is 2.29. The number of rotatable bonds is 2. The maximum absolute atomic E-state index is 11.2. The van der Waals surface area contributed by atoms with Gasteiger partial charge in [0.05, 0.1) is 5.56 Å². The quantitative estimate of drug-likeness (QED) is 0.777. The summed E-state index contributed by atoms with van der Waals surface area (Å²) in [5, 5.41) is 9.74. The van der Waals surface area contributed by atoms with Crippen LogP contribution in [0, 0.1) is 0 Å². The largest absolute Gasteiger partial charge is 0.507 e. The van der Waals surface area contributed by atoms with Crippen molar-refractivity contribution in [2.24, 2.45) is 0 Å². The van der Waals surface area contributed by atoms with Crippen LogP contribution in [0.25, 0.3) is 0 Å². The summed E-state index contributed by atoms with van der Waals surface area (Å²) in [6, 6.07) is 5.32. The first-order valence-electron chi connectivity index (χ1n) is 5.77. The molecule has 16 heavy (non-hydrogen) atoms. The van der Waals surface area contributed by atoms with E-state index in [-0.39, 0.29) is 11.5 Å². The van der Waals surface area contributed by atoms with Gasteiger partial charge in [-0.05, 0) is 38.3 Å². The highest BCUT2D eigenvalue weighted by Gasteiger charge is 2.13. The molecule has 0 radical (unpaired) electrons. The zero-order valence-electron chi connectivity index (χ0n) is 9.57. The Morgan fingerprint density at radius 2 is 1.94 bits per heavy atom. The molecular weight excluding hydrogens is 202 g/mol. The van der Waals surface area contributed by atoms with Gasteiger partial charge in [-0.1, -0.05) is 0 Å². The minimum atomic E-state index is -0.0947. The van der Waals surface area contributed by atoms with Crippen molar-refractivity contribution >= 4 is 11.5 Å². The van der Waals surface area contributed by atoms with E-state index in [0.717, 1.165) is 18.8 Å². The molecule has 0 aliphatic carbocycles. The number of ketones is 1. The first-order valence-corrected chi connectivity index (χ1v) is 5.77. The third-order valence-corrected chi connectivity index (χ3v) is 3.08. The number of hydrogen-bond donors (Lipinski definition) is 1. The van der Waals surface area contributed by atoms with Gasteiger partial charge in [-0.25, -0.2) is 0 Å². The number of anilines is 1. The van der Waals surface area contributed by atoms with E-state index >= 15 is 0 Å². The molecule has 1 saturated heterocycles. The second kappa shape index (κ2) is 4.56. The number of benzene rings is 1. The van der Waals surface area contributed by atoms with Crippen molar-refractivity contribution in [2.75, 3.05) is 18.0 Å². The lowest BCUT2D eigenvalue weighted by atomic mass is 10.1. The molecule has 0 aromatic heterocycles. The maximum Gasteiger partial charge on any atom is 0.163 e. The van der Waals surface area contributed by atoms with E-state index < -0.39 is 0 Å². The lowest BCUT2D eigenvalue weighted by Gasteiger charge is -2.29. The number of aromatic hydroxyl groups is 1. The van der Waals surface area contributed by atoms with E-state index in [4.69, 9.17) is 0 Å². The van der Waals surface area contributed by atoms with Crippen LogP contribution in [-0.4, -0.2) is 24.0 Å². The van der Waals surface area contributed by atoms with Crippen molar-refractivity contribution in [2.45, 2.75) is 26.2 Å². The number of carbonyl (C=O) groups excluding carboxylic acids is 1. The number of phenols is 1. The number of carbonyl (C=O) groups is 1. The van der Waals surface area contributed by atoms with Crippen molar-refractivity contribution in [3.05, 3.63) is 23.8 Å². The zero-order chi connectivity index (χ0) is 11.5. The molecule has 0 atom stereocenters. The first kappa shape index (κ1) is 11.0. The van der Waals surface area contributed by atoms with Gasteiger partial charge in [0.1, 0.15) is 5.75 Å². The van der Waals surface area contributed by atoms with Gasteiger partial charge in [0.25, 0.3) is 0 Å². The normalized spacial score (nSPS) is 16.2. The van der Waals surface area contributed by atoms with Crippen molar-refractivity contribution in [1.29, 1.82) is 0 Å². The van der Waals surface area contributed by atoms with Gasteiger partial charge in [-0.3, -0.25) is 4.79 Å². The summed E-state index contributed by atoms with van der Waals surface area (Å²) in [4.78, 5) is 13.4. The SMILES string of the molecule is CC(=O)c1ccc(N2CCCCC2)cc1O. The smallest absolute Gasteiger partial charge is 0.163 e. The first-order chi connectivity index (χ1) is 7.68. The summed E-state index contributed by atoms with van der Waals surface area (Å²) < 4.78 is 0. The molecule has 0 unspecified atom stereocenters. The van der Waals surface area contributed by atoms with Gasteiger partial charge >= 0.3 is 0 Å². The molecule has 1 fully saturated rings. The lowest BCUT2D eigenvalue weighted by Crippen LogP contribution is -2.29. The number of hydrogen-bond acceptors (Lipinski definition) is 3. The molecule has 1 N–H and O–H groups in total. The van der Waals surface area contributed by atoms with Crippen LogP contribution in [0.1, 0.15) is 36.5 Å². The Balaban J connectivity index is 2.23. The van der Waals surface area contributed by atoms with Crippen LogP contribution < -0.4 is 4.90 Å². The molecule has 0 amide bonds. The minimum absolute atomic E-state index is 0.0931. The number of nitrogens with zero attached hydrogens (tertiary/aromatic N) is 1. The summed E-state index contributed by atoms with van der Waals surface area (Å²) in [5.41, 5.74) is 1.42. The Morgan fingerprint density at radius 1 is 1.25 bits per heavy atom. The van der Waals surface area contributed by atoms with Crippen molar-refractivity contribution in [1.82, 2.24) is 0 Å². The summed E-state index contributed by atoms with van der Waals surface area (Å²) in [5.74, 6) is -0.00160. The van der Waals surface area contributed by atoms with E-state index in [1.807, 2.05) is 6.07 Å². The van der Waals surface area contributed by atoms with E-state index in [1.165, 1.54) is 26.2 Å².